The van der Waals surface area contributed by atoms with Crippen LogP contribution >= 0.6 is 0 Å². The minimum atomic E-state index is -1.79. The van der Waals surface area contributed by atoms with Gasteiger partial charge in [0.15, 0.2) is 0 Å². The highest BCUT2D eigenvalue weighted by Gasteiger charge is 2.42. The Balaban J connectivity index is 1.73. The second-order valence-corrected chi connectivity index (χ2v) is 8.23. The molecule has 0 unspecified atom stereocenters. The molecule has 0 aromatic heterocycles. The average Bonchev–Trinajstić information content (AvgIpc) is 2.95. The van der Waals surface area contributed by atoms with Crippen molar-refractivity contribution in [2.45, 2.75) is 5.97 Å². The zero-order valence-electron chi connectivity index (χ0n) is 19.9. The Labute approximate surface area is 215 Å². The Bertz CT molecular complexity index is 1350. The molecule has 0 heterocycles. The molecule has 5 heteroatoms. The number of carboxylic acid groups (broad SMARTS) is 1. The molecular formula is C32H24O5. The standard InChI is InChI=1S/C32H24O5/c33-31(34)29-22-21-25(23-30(29)24-13-5-1-6-14-24)32(35-26-15-7-2-8-16-26,36-27-17-9-3-10-18-27)37-28-19-11-4-12-20-28/h1-23H,(H,33,34). The largest absolute Gasteiger partial charge is 0.478 e. The molecular weight excluding hydrogens is 464 g/mol. The van der Waals surface area contributed by atoms with Crippen LogP contribution < -0.4 is 14.2 Å². The third-order valence-corrected chi connectivity index (χ3v) is 5.67. The molecule has 5 nitrogen and oxygen atoms in total. The molecule has 1 N–H and O–H groups in total. The van der Waals surface area contributed by atoms with Crippen molar-refractivity contribution in [3.63, 3.8) is 0 Å². The van der Waals surface area contributed by atoms with Gasteiger partial charge in [-0.05, 0) is 65.7 Å². The number of benzene rings is 5. The van der Waals surface area contributed by atoms with Gasteiger partial charge in [-0.15, -0.1) is 0 Å². The molecule has 37 heavy (non-hydrogen) atoms. The maximum atomic E-state index is 12.1. The predicted octanol–water partition coefficient (Wildman–Crippen LogP) is 7.40. The van der Waals surface area contributed by atoms with Gasteiger partial charge in [-0.3, -0.25) is 0 Å². The summed E-state index contributed by atoms with van der Waals surface area (Å²) in [6, 6.07) is 41.9. The zero-order valence-corrected chi connectivity index (χ0v) is 19.9. The van der Waals surface area contributed by atoms with Crippen molar-refractivity contribution in [1.82, 2.24) is 0 Å². The van der Waals surface area contributed by atoms with Crippen LogP contribution in [0.4, 0.5) is 0 Å². The first-order valence-electron chi connectivity index (χ1n) is 11.8. The smallest absolute Gasteiger partial charge is 0.447 e. The summed E-state index contributed by atoms with van der Waals surface area (Å²) < 4.78 is 19.5. The van der Waals surface area contributed by atoms with Gasteiger partial charge < -0.3 is 19.3 Å². The summed E-state index contributed by atoms with van der Waals surface area (Å²) in [4.78, 5) is 12.1. The Hall–Kier alpha value is -5.03. The van der Waals surface area contributed by atoms with Crippen LogP contribution in [-0.4, -0.2) is 11.1 Å². The fourth-order valence-corrected chi connectivity index (χ4v) is 3.95. The van der Waals surface area contributed by atoms with Crippen molar-refractivity contribution in [2.24, 2.45) is 0 Å². The second kappa shape index (κ2) is 10.7. The van der Waals surface area contributed by atoms with Crippen LogP contribution in [0, 0.1) is 0 Å². The van der Waals surface area contributed by atoms with Crippen LogP contribution in [0.5, 0.6) is 17.2 Å². The van der Waals surface area contributed by atoms with E-state index in [0.29, 0.717) is 28.4 Å². The van der Waals surface area contributed by atoms with Gasteiger partial charge >= 0.3 is 11.9 Å². The van der Waals surface area contributed by atoms with E-state index in [1.54, 1.807) is 54.6 Å². The lowest BCUT2D eigenvalue weighted by molar-refractivity contribution is -0.263. The molecule has 0 atom stereocenters. The van der Waals surface area contributed by atoms with E-state index in [1.807, 2.05) is 84.9 Å². The van der Waals surface area contributed by atoms with Gasteiger partial charge in [-0.1, -0.05) is 84.9 Å². The minimum absolute atomic E-state index is 0.156. The first-order valence-corrected chi connectivity index (χ1v) is 11.8. The Morgan fingerprint density at radius 1 is 0.541 bits per heavy atom. The molecule has 0 radical (unpaired) electrons. The van der Waals surface area contributed by atoms with Gasteiger partial charge in [0, 0.05) is 0 Å². The Morgan fingerprint density at radius 2 is 0.946 bits per heavy atom. The SMILES string of the molecule is O=C(O)c1ccc(C(Oc2ccccc2)(Oc2ccccc2)Oc2ccccc2)cc1-c1ccccc1. The monoisotopic (exact) mass is 488 g/mol. The molecule has 5 aromatic carbocycles. The van der Waals surface area contributed by atoms with E-state index in [1.165, 1.54) is 0 Å². The molecule has 5 rings (SSSR count). The van der Waals surface area contributed by atoms with Crippen molar-refractivity contribution >= 4 is 5.97 Å². The first-order chi connectivity index (χ1) is 18.1. The third kappa shape index (κ3) is 5.46. The van der Waals surface area contributed by atoms with Crippen molar-refractivity contribution in [2.75, 3.05) is 0 Å². The molecule has 0 amide bonds. The lowest BCUT2D eigenvalue weighted by Crippen LogP contribution is -2.45. The summed E-state index contributed by atoms with van der Waals surface area (Å²) in [5, 5.41) is 9.93. The van der Waals surface area contributed by atoms with Gasteiger partial charge in [0.05, 0.1) is 11.1 Å². The van der Waals surface area contributed by atoms with E-state index in [0.717, 1.165) is 5.56 Å². The summed E-state index contributed by atoms with van der Waals surface area (Å²) in [5.74, 6) is -1.29. The number of carboxylic acids is 1. The number of aromatic carboxylic acids is 1. The fourth-order valence-electron chi connectivity index (χ4n) is 3.95. The average molecular weight is 489 g/mol. The van der Waals surface area contributed by atoms with E-state index < -0.39 is 11.9 Å². The molecule has 0 aliphatic carbocycles. The van der Waals surface area contributed by atoms with E-state index >= 15 is 0 Å². The number of para-hydroxylation sites is 3. The maximum Gasteiger partial charge on any atom is 0.447 e. The van der Waals surface area contributed by atoms with Crippen molar-refractivity contribution in [1.29, 1.82) is 0 Å². The van der Waals surface area contributed by atoms with Crippen molar-refractivity contribution in [3.8, 4) is 28.4 Å². The van der Waals surface area contributed by atoms with Crippen LogP contribution in [0.3, 0.4) is 0 Å². The normalized spacial score (nSPS) is 10.9. The first kappa shape index (κ1) is 23.7. The lowest BCUT2D eigenvalue weighted by Gasteiger charge is -2.34. The van der Waals surface area contributed by atoms with Crippen LogP contribution in [0.15, 0.2) is 140 Å². The second-order valence-electron chi connectivity index (χ2n) is 8.23. The molecule has 0 bridgehead atoms. The summed E-state index contributed by atoms with van der Waals surface area (Å²) in [6.45, 7) is 0. The molecule has 0 aliphatic rings. The zero-order chi connectivity index (χ0) is 25.5. The van der Waals surface area contributed by atoms with Crippen LogP contribution in [0.25, 0.3) is 11.1 Å². The Morgan fingerprint density at radius 3 is 1.35 bits per heavy atom. The number of carbonyl (C=O) groups is 1. The summed E-state index contributed by atoms with van der Waals surface area (Å²) in [5.41, 5.74) is 1.89. The van der Waals surface area contributed by atoms with Crippen molar-refractivity contribution < 1.29 is 24.1 Å². The van der Waals surface area contributed by atoms with E-state index in [-0.39, 0.29) is 5.56 Å². The molecule has 182 valence electrons. The molecule has 5 aromatic rings. The predicted molar refractivity (Wildman–Crippen MR) is 142 cm³/mol. The van der Waals surface area contributed by atoms with Gasteiger partial charge in [0.2, 0.25) is 0 Å². The van der Waals surface area contributed by atoms with Gasteiger partial charge in [0.25, 0.3) is 0 Å². The lowest BCUT2D eigenvalue weighted by atomic mass is 9.96. The minimum Gasteiger partial charge on any atom is -0.478 e. The highest BCUT2D eigenvalue weighted by molar-refractivity contribution is 5.96. The summed E-state index contributed by atoms with van der Waals surface area (Å²) in [6.07, 6.45) is 0. The van der Waals surface area contributed by atoms with Gasteiger partial charge in [0.1, 0.15) is 17.2 Å². The number of rotatable bonds is 9. The highest BCUT2D eigenvalue weighted by Crippen LogP contribution is 2.37. The van der Waals surface area contributed by atoms with Crippen LogP contribution in [0.2, 0.25) is 0 Å². The third-order valence-electron chi connectivity index (χ3n) is 5.67. The van der Waals surface area contributed by atoms with E-state index in [4.69, 9.17) is 14.2 Å². The Kier molecular flexibility index (Phi) is 6.86. The summed E-state index contributed by atoms with van der Waals surface area (Å²) >= 11 is 0. The molecule has 0 spiro atoms. The summed E-state index contributed by atoms with van der Waals surface area (Å²) in [7, 11) is 0. The molecule has 0 saturated carbocycles. The number of hydrogen-bond acceptors (Lipinski definition) is 4. The van der Waals surface area contributed by atoms with E-state index in [9.17, 15) is 9.90 Å². The van der Waals surface area contributed by atoms with Gasteiger partial charge in [-0.2, -0.15) is 0 Å². The number of hydrogen-bond donors (Lipinski definition) is 1. The molecule has 0 fully saturated rings. The quantitative estimate of drug-likeness (QED) is 0.219. The fraction of sp³-hybridized carbons (Fsp3) is 0.0312. The van der Waals surface area contributed by atoms with Gasteiger partial charge in [-0.25, -0.2) is 4.79 Å². The van der Waals surface area contributed by atoms with Crippen LogP contribution in [-0.2, 0) is 5.97 Å². The van der Waals surface area contributed by atoms with E-state index in [2.05, 4.69) is 0 Å². The topological polar surface area (TPSA) is 65.0 Å². The van der Waals surface area contributed by atoms with Crippen LogP contribution in [0.1, 0.15) is 15.9 Å². The highest BCUT2D eigenvalue weighted by atomic mass is 16.9. The number of ether oxygens (including phenoxy) is 3. The molecule has 0 aliphatic heterocycles. The molecule has 0 saturated heterocycles. The maximum absolute atomic E-state index is 12.1. The van der Waals surface area contributed by atoms with Crippen molar-refractivity contribution in [3.05, 3.63) is 151 Å².